The molecule has 0 aromatic heterocycles. The van der Waals surface area contributed by atoms with Crippen LogP contribution in [0.4, 0.5) is 0 Å². The largest absolute Gasteiger partial charge is 0.378 e. The fourth-order valence-electron chi connectivity index (χ4n) is 2.65. The molecule has 2 saturated heterocycles. The summed E-state index contributed by atoms with van der Waals surface area (Å²) in [6.45, 7) is 6.68. The number of hydrogen-bond acceptors (Lipinski definition) is 2. The molecule has 2 fully saturated rings. The normalized spacial score (nSPS) is 31.5. The second kappa shape index (κ2) is 4.52. The van der Waals surface area contributed by atoms with Crippen molar-refractivity contribution in [2.75, 3.05) is 19.7 Å². The van der Waals surface area contributed by atoms with Gasteiger partial charge in [0.25, 0.3) is 0 Å². The van der Waals surface area contributed by atoms with Gasteiger partial charge in [0.1, 0.15) is 0 Å². The second-order valence-corrected chi connectivity index (χ2v) is 5.04. The van der Waals surface area contributed by atoms with E-state index in [4.69, 9.17) is 4.74 Å². The number of fused-ring (bicyclic) bond motifs is 1. The van der Waals surface area contributed by atoms with Gasteiger partial charge in [-0.15, -0.1) is 0 Å². The first-order valence-electron chi connectivity index (χ1n) is 6.09. The van der Waals surface area contributed by atoms with Gasteiger partial charge in [-0.3, -0.25) is 4.79 Å². The number of likely N-dealkylation sites (tertiary alicyclic amines) is 1. The van der Waals surface area contributed by atoms with Crippen molar-refractivity contribution in [3.63, 3.8) is 0 Å². The molecule has 2 rings (SSSR count). The molecule has 2 aliphatic heterocycles. The van der Waals surface area contributed by atoms with E-state index in [-0.39, 0.29) is 5.92 Å². The van der Waals surface area contributed by atoms with Crippen molar-refractivity contribution < 1.29 is 9.53 Å². The summed E-state index contributed by atoms with van der Waals surface area (Å²) in [5, 5.41) is 0. The summed E-state index contributed by atoms with van der Waals surface area (Å²) < 4.78 is 5.73. The Hall–Kier alpha value is -0.570. The number of ether oxygens (including phenoxy) is 1. The lowest BCUT2D eigenvalue weighted by atomic mass is 9.88. The molecule has 86 valence electrons. The predicted octanol–water partition coefficient (Wildman–Crippen LogP) is 1.67. The topological polar surface area (TPSA) is 29.5 Å². The molecule has 1 amide bonds. The first-order valence-corrected chi connectivity index (χ1v) is 6.09. The van der Waals surface area contributed by atoms with E-state index < -0.39 is 0 Å². The molecule has 0 saturated carbocycles. The fraction of sp³-hybridized carbons (Fsp3) is 0.917. The highest BCUT2D eigenvalue weighted by molar-refractivity contribution is 5.78. The Bertz CT molecular complexity index is 240. The maximum atomic E-state index is 11.9. The van der Waals surface area contributed by atoms with Crippen LogP contribution in [-0.2, 0) is 9.53 Å². The molecule has 0 aromatic rings. The van der Waals surface area contributed by atoms with E-state index in [0.29, 0.717) is 17.9 Å². The highest BCUT2D eigenvalue weighted by atomic mass is 16.5. The molecule has 15 heavy (non-hydrogen) atoms. The number of hydrogen-bond donors (Lipinski definition) is 0. The van der Waals surface area contributed by atoms with Gasteiger partial charge in [0.15, 0.2) is 0 Å². The summed E-state index contributed by atoms with van der Waals surface area (Å²) in [7, 11) is 0. The second-order valence-electron chi connectivity index (χ2n) is 5.04. The molecule has 2 atom stereocenters. The fourth-order valence-corrected chi connectivity index (χ4v) is 2.65. The van der Waals surface area contributed by atoms with Gasteiger partial charge in [-0.05, 0) is 19.3 Å². The summed E-state index contributed by atoms with van der Waals surface area (Å²) in [4.78, 5) is 13.9. The number of carbonyl (C=O) groups is 1. The van der Waals surface area contributed by atoms with Gasteiger partial charge in [-0.2, -0.15) is 0 Å². The lowest BCUT2D eigenvalue weighted by molar-refractivity contribution is -0.141. The van der Waals surface area contributed by atoms with E-state index in [1.54, 1.807) is 0 Å². The Morgan fingerprint density at radius 3 is 2.93 bits per heavy atom. The van der Waals surface area contributed by atoms with Crippen LogP contribution in [0.15, 0.2) is 0 Å². The zero-order valence-corrected chi connectivity index (χ0v) is 9.74. The molecule has 0 radical (unpaired) electrons. The van der Waals surface area contributed by atoms with E-state index in [0.717, 1.165) is 32.5 Å². The van der Waals surface area contributed by atoms with Gasteiger partial charge in [-0.25, -0.2) is 0 Å². The van der Waals surface area contributed by atoms with Crippen molar-refractivity contribution in [3.05, 3.63) is 0 Å². The van der Waals surface area contributed by atoms with Gasteiger partial charge in [0.2, 0.25) is 5.91 Å². The molecule has 0 aromatic carbocycles. The van der Waals surface area contributed by atoms with Crippen LogP contribution in [-0.4, -0.2) is 36.6 Å². The molecular weight excluding hydrogens is 190 g/mol. The van der Waals surface area contributed by atoms with Crippen LogP contribution in [0.2, 0.25) is 0 Å². The highest BCUT2D eigenvalue weighted by Crippen LogP contribution is 2.28. The highest BCUT2D eigenvalue weighted by Gasteiger charge is 2.34. The zero-order chi connectivity index (χ0) is 10.8. The molecule has 0 N–H and O–H groups in total. The van der Waals surface area contributed by atoms with Crippen LogP contribution in [0.3, 0.4) is 0 Å². The minimum Gasteiger partial charge on any atom is -0.378 e. The molecule has 0 aliphatic carbocycles. The minimum absolute atomic E-state index is 0.131. The SMILES string of the molecule is CC(C)C(=O)N1CCC2OCCCC2C1. The van der Waals surface area contributed by atoms with Crippen molar-refractivity contribution in [1.29, 1.82) is 0 Å². The van der Waals surface area contributed by atoms with Crippen LogP contribution in [0.5, 0.6) is 0 Å². The van der Waals surface area contributed by atoms with Gasteiger partial charge in [-0.1, -0.05) is 13.8 Å². The maximum absolute atomic E-state index is 11.9. The molecule has 0 bridgehead atoms. The summed E-state index contributed by atoms with van der Waals surface area (Å²) in [5.41, 5.74) is 0. The van der Waals surface area contributed by atoms with Gasteiger partial charge in [0.05, 0.1) is 6.10 Å². The van der Waals surface area contributed by atoms with E-state index in [2.05, 4.69) is 0 Å². The Morgan fingerprint density at radius 2 is 2.20 bits per heavy atom. The minimum atomic E-state index is 0.131. The predicted molar refractivity (Wildman–Crippen MR) is 58.5 cm³/mol. The number of nitrogens with zero attached hydrogens (tertiary/aromatic N) is 1. The van der Waals surface area contributed by atoms with Gasteiger partial charge < -0.3 is 9.64 Å². The van der Waals surface area contributed by atoms with Crippen molar-refractivity contribution in [2.45, 2.75) is 39.2 Å². The van der Waals surface area contributed by atoms with Gasteiger partial charge >= 0.3 is 0 Å². The van der Waals surface area contributed by atoms with Crippen molar-refractivity contribution in [1.82, 2.24) is 4.90 Å². The Kier molecular flexibility index (Phi) is 3.29. The van der Waals surface area contributed by atoms with Crippen molar-refractivity contribution >= 4 is 5.91 Å². The van der Waals surface area contributed by atoms with Gasteiger partial charge in [0, 0.05) is 31.5 Å². The number of carbonyl (C=O) groups excluding carboxylic acids is 1. The monoisotopic (exact) mass is 211 g/mol. The Morgan fingerprint density at radius 1 is 1.40 bits per heavy atom. The Balaban J connectivity index is 1.93. The van der Waals surface area contributed by atoms with Crippen LogP contribution < -0.4 is 0 Å². The van der Waals surface area contributed by atoms with Crippen LogP contribution in [0, 0.1) is 11.8 Å². The third-order valence-electron chi connectivity index (χ3n) is 3.52. The number of amides is 1. The number of rotatable bonds is 1. The van der Waals surface area contributed by atoms with E-state index in [1.165, 1.54) is 6.42 Å². The Labute approximate surface area is 91.8 Å². The summed E-state index contributed by atoms with van der Waals surface area (Å²) in [5.74, 6) is 1.03. The zero-order valence-electron chi connectivity index (χ0n) is 9.74. The molecule has 2 heterocycles. The first kappa shape index (κ1) is 10.9. The summed E-state index contributed by atoms with van der Waals surface area (Å²) >= 11 is 0. The van der Waals surface area contributed by atoms with Crippen molar-refractivity contribution in [2.24, 2.45) is 11.8 Å². The van der Waals surface area contributed by atoms with Crippen LogP contribution in [0.1, 0.15) is 33.1 Å². The smallest absolute Gasteiger partial charge is 0.225 e. The standard InChI is InChI=1S/C12H21NO2/c1-9(2)12(14)13-6-5-11-10(8-13)4-3-7-15-11/h9-11H,3-8H2,1-2H3. The third kappa shape index (κ3) is 2.33. The molecule has 2 unspecified atom stereocenters. The average molecular weight is 211 g/mol. The summed E-state index contributed by atoms with van der Waals surface area (Å²) in [6.07, 6.45) is 3.84. The first-order chi connectivity index (χ1) is 7.18. The lowest BCUT2D eigenvalue weighted by Gasteiger charge is -2.41. The number of piperidine rings is 1. The maximum Gasteiger partial charge on any atom is 0.225 e. The van der Waals surface area contributed by atoms with Crippen LogP contribution in [0.25, 0.3) is 0 Å². The molecular formula is C12H21NO2. The van der Waals surface area contributed by atoms with E-state index in [9.17, 15) is 4.79 Å². The third-order valence-corrected chi connectivity index (χ3v) is 3.52. The molecule has 0 spiro atoms. The van der Waals surface area contributed by atoms with Crippen molar-refractivity contribution in [3.8, 4) is 0 Å². The molecule has 2 aliphatic rings. The molecule has 3 heteroatoms. The lowest BCUT2D eigenvalue weighted by Crippen LogP contribution is -2.49. The quantitative estimate of drug-likeness (QED) is 0.660. The molecule has 3 nitrogen and oxygen atoms in total. The van der Waals surface area contributed by atoms with E-state index >= 15 is 0 Å². The average Bonchev–Trinajstić information content (AvgIpc) is 2.27. The van der Waals surface area contributed by atoms with E-state index in [1.807, 2.05) is 18.7 Å². The summed E-state index contributed by atoms with van der Waals surface area (Å²) in [6, 6.07) is 0. The van der Waals surface area contributed by atoms with Crippen LogP contribution >= 0.6 is 0 Å².